The van der Waals surface area contributed by atoms with E-state index in [0.717, 1.165) is 19.3 Å². The molecule has 2 amide bonds. The summed E-state index contributed by atoms with van der Waals surface area (Å²) in [6, 6.07) is 0.0387. The minimum absolute atomic E-state index is 0.0117. The lowest BCUT2D eigenvalue weighted by Crippen LogP contribution is -2.45. The van der Waals surface area contributed by atoms with Crippen LogP contribution in [0.5, 0.6) is 0 Å². The molecule has 0 bridgehead atoms. The van der Waals surface area contributed by atoms with Crippen LogP contribution in [0.3, 0.4) is 0 Å². The molecule has 34 heavy (non-hydrogen) atoms. The number of hydrogen-bond donors (Lipinski definition) is 0. The van der Waals surface area contributed by atoms with E-state index >= 15 is 0 Å². The van der Waals surface area contributed by atoms with Gasteiger partial charge in [-0.3, -0.25) is 4.90 Å². The first kappa shape index (κ1) is 30.7. The number of rotatable bonds is 8. The van der Waals surface area contributed by atoms with Crippen molar-refractivity contribution < 1.29 is 28.2 Å². The Morgan fingerprint density at radius 2 is 1.53 bits per heavy atom. The average Bonchev–Trinajstić information content (AvgIpc) is 2.99. The molecule has 0 radical (unpaired) electrons. The lowest BCUT2D eigenvalue weighted by Gasteiger charge is -2.38. The smallest absolute Gasteiger partial charge is 0.411 e. The molecule has 1 saturated heterocycles. The quantitative estimate of drug-likeness (QED) is 0.230. The largest absolute Gasteiger partial charge is 0.444 e. The van der Waals surface area contributed by atoms with Gasteiger partial charge in [0.25, 0.3) is 0 Å². The molecule has 0 aromatic carbocycles. The Bertz CT molecular complexity index is 678. The Hall–Kier alpha value is -1.32. The summed E-state index contributed by atoms with van der Waals surface area (Å²) in [6.45, 7) is 23.5. The van der Waals surface area contributed by atoms with Gasteiger partial charge in [0, 0.05) is 26.2 Å². The maximum atomic E-state index is 12.9. The van der Waals surface area contributed by atoms with Crippen LogP contribution in [-0.2, 0) is 18.6 Å². The van der Waals surface area contributed by atoms with Gasteiger partial charge in [-0.15, -0.1) is 0 Å². The van der Waals surface area contributed by atoms with Gasteiger partial charge in [0.1, 0.15) is 17.9 Å². The van der Waals surface area contributed by atoms with Crippen LogP contribution in [0.15, 0.2) is 0 Å². The third-order valence-corrected chi connectivity index (χ3v) is 10.6. The zero-order valence-electron chi connectivity index (χ0n) is 23.7. The molecule has 0 unspecified atom stereocenters. The summed E-state index contributed by atoms with van der Waals surface area (Å²) < 4.78 is 23.3. The van der Waals surface area contributed by atoms with E-state index in [1.807, 2.05) is 46.4 Å². The van der Waals surface area contributed by atoms with Gasteiger partial charge >= 0.3 is 12.2 Å². The third-order valence-electron chi connectivity index (χ3n) is 6.09. The van der Waals surface area contributed by atoms with Crippen LogP contribution in [-0.4, -0.2) is 80.6 Å². The molecular weight excluding hydrogens is 452 g/mol. The maximum absolute atomic E-state index is 12.9. The fourth-order valence-corrected chi connectivity index (χ4v) is 4.74. The van der Waals surface area contributed by atoms with Crippen LogP contribution < -0.4 is 0 Å². The van der Waals surface area contributed by atoms with Gasteiger partial charge in [0.2, 0.25) is 0 Å². The van der Waals surface area contributed by atoms with Gasteiger partial charge in [0.05, 0.1) is 6.10 Å². The summed E-state index contributed by atoms with van der Waals surface area (Å²) in [4.78, 5) is 28.2. The Morgan fingerprint density at radius 1 is 0.971 bits per heavy atom. The second kappa shape index (κ2) is 11.6. The lowest BCUT2D eigenvalue weighted by molar-refractivity contribution is -0.00700. The molecule has 9 heteroatoms. The van der Waals surface area contributed by atoms with Crippen molar-refractivity contribution in [2.75, 3.05) is 26.9 Å². The molecule has 0 saturated carbocycles. The molecular formula is C25H50N2O6Si. The van der Waals surface area contributed by atoms with E-state index in [4.69, 9.17) is 18.6 Å². The molecule has 1 rings (SSSR count). The summed E-state index contributed by atoms with van der Waals surface area (Å²) >= 11 is 0. The van der Waals surface area contributed by atoms with Crippen molar-refractivity contribution in [2.45, 2.75) is 123 Å². The highest BCUT2D eigenvalue weighted by molar-refractivity contribution is 6.74. The number of carbonyl (C=O) groups is 2. The number of nitrogens with zero attached hydrogens (tertiary/aromatic N) is 2. The topological polar surface area (TPSA) is 77.5 Å². The van der Waals surface area contributed by atoms with Crippen LogP contribution >= 0.6 is 0 Å². The predicted molar refractivity (Wildman–Crippen MR) is 137 cm³/mol. The summed E-state index contributed by atoms with van der Waals surface area (Å²) in [6.07, 6.45) is 1.65. The molecule has 0 spiro atoms. The zero-order valence-corrected chi connectivity index (χ0v) is 24.7. The van der Waals surface area contributed by atoms with E-state index < -0.39 is 25.6 Å². The Kier molecular flexibility index (Phi) is 10.5. The van der Waals surface area contributed by atoms with E-state index in [0.29, 0.717) is 13.2 Å². The lowest BCUT2D eigenvalue weighted by atomic mass is 10.1. The molecule has 1 aliphatic rings. The second-order valence-electron chi connectivity index (χ2n) is 12.9. The van der Waals surface area contributed by atoms with Crippen LogP contribution in [0.1, 0.15) is 81.6 Å². The number of amides is 2. The van der Waals surface area contributed by atoms with Gasteiger partial charge in [-0.1, -0.05) is 20.8 Å². The van der Waals surface area contributed by atoms with E-state index in [-0.39, 0.29) is 30.0 Å². The van der Waals surface area contributed by atoms with Gasteiger partial charge in [-0.2, -0.15) is 0 Å². The van der Waals surface area contributed by atoms with Crippen molar-refractivity contribution in [1.29, 1.82) is 0 Å². The summed E-state index contributed by atoms with van der Waals surface area (Å²) in [5, 5.41) is 0.107. The first-order valence-corrected chi connectivity index (χ1v) is 15.3. The summed E-state index contributed by atoms with van der Waals surface area (Å²) in [7, 11) is -0.297. The van der Waals surface area contributed by atoms with Crippen molar-refractivity contribution in [2.24, 2.45) is 0 Å². The van der Waals surface area contributed by atoms with Crippen molar-refractivity contribution in [3.05, 3.63) is 0 Å². The monoisotopic (exact) mass is 502 g/mol. The third kappa shape index (κ3) is 10.5. The minimum atomic E-state index is -1.95. The SMILES string of the molecule is CN(COCCC[C@H]1C[C@@H](O[Si](C)(C)C(C)(C)C)CN1C(=O)OC(C)(C)C)C(=O)OC(C)(C)C. The Balaban J connectivity index is 2.66. The van der Waals surface area contributed by atoms with E-state index in [1.165, 1.54) is 4.90 Å². The van der Waals surface area contributed by atoms with Crippen LogP contribution in [0.2, 0.25) is 18.1 Å². The fourth-order valence-electron chi connectivity index (χ4n) is 3.39. The highest BCUT2D eigenvalue weighted by Crippen LogP contribution is 2.39. The predicted octanol–water partition coefficient (Wildman–Crippen LogP) is 6.01. The molecule has 0 aromatic heterocycles. The van der Waals surface area contributed by atoms with Crippen LogP contribution in [0, 0.1) is 0 Å². The molecule has 8 nitrogen and oxygen atoms in total. The van der Waals surface area contributed by atoms with Crippen molar-refractivity contribution >= 4 is 20.5 Å². The van der Waals surface area contributed by atoms with Crippen molar-refractivity contribution in [1.82, 2.24) is 9.80 Å². The normalized spacial score (nSPS) is 19.8. The van der Waals surface area contributed by atoms with Crippen molar-refractivity contribution in [3.8, 4) is 0 Å². The minimum Gasteiger partial charge on any atom is -0.444 e. The van der Waals surface area contributed by atoms with Gasteiger partial charge in [-0.25, -0.2) is 9.59 Å². The molecule has 200 valence electrons. The van der Waals surface area contributed by atoms with E-state index in [2.05, 4.69) is 33.9 Å². The molecule has 1 heterocycles. The molecule has 1 fully saturated rings. The van der Waals surface area contributed by atoms with Gasteiger partial charge < -0.3 is 23.5 Å². The first-order valence-electron chi connectivity index (χ1n) is 12.4. The van der Waals surface area contributed by atoms with Crippen LogP contribution in [0.4, 0.5) is 9.59 Å². The van der Waals surface area contributed by atoms with Crippen LogP contribution in [0.25, 0.3) is 0 Å². The van der Waals surface area contributed by atoms with Gasteiger partial charge in [-0.05, 0) is 78.9 Å². The number of likely N-dealkylation sites (tertiary alicyclic amines) is 1. The molecule has 0 aromatic rings. The summed E-state index contributed by atoms with van der Waals surface area (Å²) in [5.74, 6) is 0. The average molecular weight is 503 g/mol. The zero-order chi connectivity index (χ0) is 26.5. The molecule has 0 aliphatic carbocycles. The van der Waals surface area contributed by atoms with Crippen molar-refractivity contribution in [3.63, 3.8) is 0 Å². The molecule has 1 aliphatic heterocycles. The molecule has 2 atom stereocenters. The second-order valence-corrected chi connectivity index (χ2v) is 17.6. The Morgan fingerprint density at radius 3 is 2.03 bits per heavy atom. The summed E-state index contributed by atoms with van der Waals surface area (Å²) in [5.41, 5.74) is -1.09. The number of carbonyl (C=O) groups excluding carboxylic acids is 2. The standard InChI is InChI=1S/C25H50N2O6Si/c1-23(2,3)31-21(28)26(10)18-30-15-13-14-19-16-20(33-34(11,12)25(7,8)9)17-27(19)22(29)32-24(4,5)6/h19-20H,13-18H2,1-12H3/t19-,20+/m0/s1. The molecule has 0 N–H and O–H groups in total. The highest BCUT2D eigenvalue weighted by Gasteiger charge is 2.44. The highest BCUT2D eigenvalue weighted by atomic mass is 28.4. The number of hydrogen-bond acceptors (Lipinski definition) is 6. The van der Waals surface area contributed by atoms with E-state index in [1.54, 1.807) is 7.05 Å². The number of ether oxygens (including phenoxy) is 3. The van der Waals surface area contributed by atoms with E-state index in [9.17, 15) is 9.59 Å². The first-order chi connectivity index (χ1) is 15.2. The van der Waals surface area contributed by atoms with Gasteiger partial charge in [0.15, 0.2) is 8.32 Å². The fraction of sp³-hybridized carbons (Fsp3) is 0.920. The Labute approximate surface area is 208 Å². The maximum Gasteiger partial charge on any atom is 0.411 e.